The highest BCUT2D eigenvalue weighted by molar-refractivity contribution is 5.76. The molecule has 0 rings (SSSR count). The van der Waals surface area contributed by atoms with Gasteiger partial charge in [0.25, 0.3) is 0 Å². The quantitative estimate of drug-likeness (QED) is 0.382. The van der Waals surface area contributed by atoms with Crippen LogP contribution in [0.4, 0.5) is 0 Å². The maximum atomic E-state index is 11.2. The third-order valence-corrected chi connectivity index (χ3v) is 3.77. The highest BCUT2D eigenvalue weighted by Crippen LogP contribution is 2.12. The normalized spacial score (nSPS) is 10.4. The third-order valence-electron chi connectivity index (χ3n) is 3.77. The lowest BCUT2D eigenvalue weighted by Gasteiger charge is -2.03. The van der Waals surface area contributed by atoms with Crippen LogP contribution in [0.5, 0.6) is 0 Å². The first-order valence-electron chi connectivity index (χ1n) is 8.71. The Morgan fingerprint density at radius 2 is 1.20 bits per heavy atom. The van der Waals surface area contributed by atoms with E-state index in [2.05, 4.69) is 18.8 Å². The highest BCUT2D eigenvalue weighted by atomic mass is 16.1. The van der Waals surface area contributed by atoms with Crippen LogP contribution in [0.2, 0.25) is 0 Å². The summed E-state index contributed by atoms with van der Waals surface area (Å²) in [6.07, 6.45) is 19.5. The zero-order valence-electron chi connectivity index (χ0n) is 13.6. The second-order valence-electron chi connectivity index (χ2n) is 5.76. The molecular weight excluding hydrogens is 246 g/mol. The minimum Gasteiger partial charge on any atom is -0.333 e. The monoisotopic (exact) mass is 281 g/mol. The van der Waals surface area contributed by atoms with Crippen LogP contribution in [0.1, 0.15) is 96.8 Å². The molecule has 0 heterocycles. The molecule has 0 aromatic rings. The van der Waals surface area contributed by atoms with Gasteiger partial charge in [0.15, 0.2) is 0 Å². The number of carbonyl (C=O) groups excluding carboxylic acids is 1. The molecule has 2 nitrogen and oxygen atoms in total. The van der Waals surface area contributed by atoms with Gasteiger partial charge in [0.1, 0.15) is 0 Å². The van der Waals surface area contributed by atoms with Crippen molar-refractivity contribution in [2.24, 2.45) is 0 Å². The molecule has 0 radical (unpaired) electrons. The Labute approximate surface area is 126 Å². The van der Waals surface area contributed by atoms with Crippen molar-refractivity contribution >= 4 is 5.91 Å². The predicted octanol–water partition coefficient (Wildman–Crippen LogP) is 5.73. The van der Waals surface area contributed by atoms with Crippen LogP contribution in [-0.2, 0) is 4.79 Å². The maximum Gasteiger partial charge on any atom is 0.223 e. The van der Waals surface area contributed by atoms with Crippen molar-refractivity contribution < 1.29 is 4.79 Å². The molecule has 0 aliphatic carbocycles. The Balaban J connectivity index is 3.02. The van der Waals surface area contributed by atoms with E-state index in [1.54, 1.807) is 0 Å². The summed E-state index contributed by atoms with van der Waals surface area (Å²) in [5.41, 5.74) is 0. The van der Waals surface area contributed by atoms with Crippen LogP contribution in [-0.4, -0.2) is 5.91 Å². The Kier molecular flexibility index (Phi) is 15.6. The van der Waals surface area contributed by atoms with E-state index in [1.165, 1.54) is 83.2 Å². The molecule has 0 aromatic carbocycles. The summed E-state index contributed by atoms with van der Waals surface area (Å²) in [7, 11) is 0. The van der Waals surface area contributed by atoms with Gasteiger partial charge in [-0.1, -0.05) is 90.6 Å². The standard InChI is InChI=1S/C18H35NO/c1-3-5-6-7-8-9-10-11-12-13-14-15-16-17-18(20)19-4-2/h4H,2-3,5-17H2,1H3,(H,19,20). The SMILES string of the molecule is C=CNC(=O)CCCCCCCCCCCCCCC. The molecule has 0 saturated heterocycles. The zero-order chi connectivity index (χ0) is 14.9. The first-order chi connectivity index (χ1) is 9.81. The Bertz CT molecular complexity index is 225. The molecular formula is C18H35NO. The van der Waals surface area contributed by atoms with Gasteiger partial charge < -0.3 is 5.32 Å². The summed E-state index contributed by atoms with van der Waals surface area (Å²) < 4.78 is 0. The Morgan fingerprint density at radius 3 is 1.60 bits per heavy atom. The number of unbranched alkanes of at least 4 members (excludes halogenated alkanes) is 12. The first kappa shape index (κ1) is 19.2. The summed E-state index contributed by atoms with van der Waals surface area (Å²) in [5, 5.41) is 2.61. The van der Waals surface area contributed by atoms with Gasteiger partial charge in [0.05, 0.1) is 0 Å². The number of amides is 1. The van der Waals surface area contributed by atoms with Crippen LogP contribution in [0, 0.1) is 0 Å². The fourth-order valence-electron chi connectivity index (χ4n) is 2.49. The Morgan fingerprint density at radius 1 is 0.800 bits per heavy atom. The number of rotatable bonds is 15. The summed E-state index contributed by atoms with van der Waals surface area (Å²) in [5.74, 6) is 0.100. The van der Waals surface area contributed by atoms with E-state index in [9.17, 15) is 4.79 Å². The molecule has 20 heavy (non-hydrogen) atoms. The molecule has 0 unspecified atom stereocenters. The van der Waals surface area contributed by atoms with Gasteiger partial charge in [-0.15, -0.1) is 0 Å². The van der Waals surface area contributed by atoms with Crippen molar-refractivity contribution in [1.82, 2.24) is 5.32 Å². The van der Waals surface area contributed by atoms with Gasteiger partial charge in [-0.3, -0.25) is 4.79 Å². The fourth-order valence-corrected chi connectivity index (χ4v) is 2.49. The van der Waals surface area contributed by atoms with Crippen molar-refractivity contribution in [3.63, 3.8) is 0 Å². The minimum atomic E-state index is 0.100. The summed E-state index contributed by atoms with van der Waals surface area (Å²) >= 11 is 0. The molecule has 118 valence electrons. The van der Waals surface area contributed by atoms with Crippen molar-refractivity contribution in [3.05, 3.63) is 12.8 Å². The molecule has 0 aromatic heterocycles. The molecule has 0 bridgehead atoms. The first-order valence-corrected chi connectivity index (χ1v) is 8.71. The van der Waals surface area contributed by atoms with E-state index in [4.69, 9.17) is 0 Å². The molecule has 0 fully saturated rings. The number of nitrogens with one attached hydrogen (secondary N) is 1. The molecule has 0 aliphatic heterocycles. The predicted molar refractivity (Wildman–Crippen MR) is 88.7 cm³/mol. The third kappa shape index (κ3) is 15.3. The molecule has 2 heteroatoms. The smallest absolute Gasteiger partial charge is 0.223 e. The number of hydrogen-bond donors (Lipinski definition) is 1. The molecule has 1 N–H and O–H groups in total. The zero-order valence-corrected chi connectivity index (χ0v) is 13.6. The number of carbonyl (C=O) groups is 1. The van der Waals surface area contributed by atoms with E-state index < -0.39 is 0 Å². The molecule has 0 aliphatic rings. The van der Waals surface area contributed by atoms with Crippen LogP contribution in [0.25, 0.3) is 0 Å². The molecule has 0 spiro atoms. The largest absolute Gasteiger partial charge is 0.333 e. The van der Waals surface area contributed by atoms with Crippen LogP contribution >= 0.6 is 0 Å². The molecule has 0 atom stereocenters. The maximum absolute atomic E-state index is 11.2. The van der Waals surface area contributed by atoms with Gasteiger partial charge in [-0.2, -0.15) is 0 Å². The highest BCUT2D eigenvalue weighted by Gasteiger charge is 1.98. The van der Waals surface area contributed by atoms with Crippen molar-refractivity contribution in [1.29, 1.82) is 0 Å². The average Bonchev–Trinajstić information content (AvgIpc) is 2.44. The van der Waals surface area contributed by atoms with Crippen molar-refractivity contribution in [2.75, 3.05) is 0 Å². The van der Waals surface area contributed by atoms with E-state index in [-0.39, 0.29) is 5.91 Å². The second-order valence-corrected chi connectivity index (χ2v) is 5.76. The summed E-state index contributed by atoms with van der Waals surface area (Å²) in [6, 6.07) is 0. The minimum absolute atomic E-state index is 0.100. The van der Waals surface area contributed by atoms with E-state index in [1.807, 2.05) is 0 Å². The van der Waals surface area contributed by atoms with Crippen molar-refractivity contribution in [3.8, 4) is 0 Å². The van der Waals surface area contributed by atoms with Gasteiger partial charge >= 0.3 is 0 Å². The Hall–Kier alpha value is -0.790. The lowest BCUT2D eigenvalue weighted by atomic mass is 10.0. The van der Waals surface area contributed by atoms with Crippen LogP contribution in [0.15, 0.2) is 12.8 Å². The van der Waals surface area contributed by atoms with Crippen LogP contribution < -0.4 is 5.32 Å². The van der Waals surface area contributed by atoms with Gasteiger partial charge in [-0.25, -0.2) is 0 Å². The van der Waals surface area contributed by atoms with Gasteiger partial charge in [0.2, 0.25) is 5.91 Å². The van der Waals surface area contributed by atoms with E-state index in [0.29, 0.717) is 6.42 Å². The second kappa shape index (κ2) is 16.3. The van der Waals surface area contributed by atoms with Gasteiger partial charge in [0, 0.05) is 6.42 Å². The average molecular weight is 281 g/mol. The van der Waals surface area contributed by atoms with Gasteiger partial charge in [-0.05, 0) is 12.6 Å². The molecule has 1 amide bonds. The topological polar surface area (TPSA) is 29.1 Å². The fraction of sp³-hybridized carbons (Fsp3) is 0.833. The lowest BCUT2D eigenvalue weighted by Crippen LogP contribution is -2.15. The number of hydrogen-bond acceptors (Lipinski definition) is 1. The van der Waals surface area contributed by atoms with Crippen molar-refractivity contribution in [2.45, 2.75) is 96.8 Å². The summed E-state index contributed by atoms with van der Waals surface area (Å²) in [6.45, 7) is 5.75. The molecule has 0 saturated carbocycles. The van der Waals surface area contributed by atoms with E-state index in [0.717, 1.165) is 6.42 Å². The van der Waals surface area contributed by atoms with Crippen LogP contribution in [0.3, 0.4) is 0 Å². The summed E-state index contributed by atoms with van der Waals surface area (Å²) in [4.78, 5) is 11.2. The van der Waals surface area contributed by atoms with E-state index >= 15 is 0 Å². The lowest BCUT2D eigenvalue weighted by molar-refractivity contribution is -0.120.